The Labute approximate surface area is 110 Å². The van der Waals surface area contributed by atoms with E-state index in [9.17, 15) is 10.2 Å². The average molecular weight is 329 g/mol. The van der Waals surface area contributed by atoms with E-state index in [1.807, 2.05) is 0 Å². The van der Waals surface area contributed by atoms with Gasteiger partial charge in [-0.2, -0.15) is 0 Å². The summed E-state index contributed by atoms with van der Waals surface area (Å²) in [4.78, 5) is 0. The average Bonchev–Trinajstić information content (AvgIpc) is 2.52. The quantitative estimate of drug-likeness (QED) is 0.353. The molecule has 0 amide bonds. The zero-order chi connectivity index (χ0) is 13.9. The van der Waals surface area contributed by atoms with Crippen LogP contribution in [-0.2, 0) is 9.47 Å². The zero-order valence-electron chi connectivity index (χ0n) is 11.2. The third-order valence-electron chi connectivity index (χ3n) is 2.92. The molecule has 7 heteroatoms. The monoisotopic (exact) mass is 329 g/mol. The molecule has 110 valence electrons. The Morgan fingerprint density at radius 2 is 1.83 bits per heavy atom. The summed E-state index contributed by atoms with van der Waals surface area (Å²) in [6, 6.07) is 0. The molecule has 0 aromatic carbocycles. The van der Waals surface area contributed by atoms with Gasteiger partial charge in [-0.15, -0.1) is 0 Å². The van der Waals surface area contributed by atoms with Crippen molar-refractivity contribution < 1.29 is 29.9 Å². The van der Waals surface area contributed by atoms with Crippen LogP contribution in [0.4, 0.5) is 0 Å². The fourth-order valence-electron chi connectivity index (χ4n) is 2.00. The third kappa shape index (κ3) is 4.77. The molecular weight excluding hydrogens is 303 g/mol. The van der Waals surface area contributed by atoms with Crippen molar-refractivity contribution in [2.75, 3.05) is 13.2 Å². The number of hydrogen-bond acceptors (Lipinski definition) is 6. The normalized spacial score (nSPS) is 35.7. The van der Waals surface area contributed by atoms with E-state index in [-0.39, 0.29) is 6.61 Å². The Bertz CT molecular complexity index is 256. The van der Waals surface area contributed by atoms with Crippen LogP contribution in [0.25, 0.3) is 0 Å². The zero-order valence-corrected chi connectivity index (χ0v) is 13.6. The van der Waals surface area contributed by atoms with Gasteiger partial charge in [-0.1, -0.05) is 0 Å². The van der Waals surface area contributed by atoms with E-state index in [0.717, 1.165) is 5.21 Å². The van der Waals surface area contributed by atoms with Gasteiger partial charge < -0.3 is 0 Å². The summed E-state index contributed by atoms with van der Waals surface area (Å²) >= 11 is -2.05. The van der Waals surface area contributed by atoms with E-state index in [2.05, 4.69) is 17.1 Å². The van der Waals surface area contributed by atoms with Gasteiger partial charge in [0.25, 0.3) is 0 Å². The van der Waals surface area contributed by atoms with Gasteiger partial charge in [0.2, 0.25) is 0 Å². The van der Waals surface area contributed by atoms with Crippen LogP contribution in [0.2, 0.25) is 22.3 Å². The molecule has 0 aliphatic carbocycles. The van der Waals surface area contributed by atoms with Crippen LogP contribution in [0.5, 0.6) is 0 Å². The van der Waals surface area contributed by atoms with Crippen molar-refractivity contribution in [1.29, 1.82) is 0 Å². The van der Waals surface area contributed by atoms with Crippen molar-refractivity contribution in [2.45, 2.75) is 53.0 Å². The summed E-state index contributed by atoms with van der Waals surface area (Å²) in [6.45, 7) is -0.539. The van der Waals surface area contributed by atoms with E-state index in [1.54, 1.807) is 0 Å². The molecule has 6 nitrogen and oxygen atoms in total. The summed E-state index contributed by atoms with van der Waals surface area (Å²) in [6.07, 6.45) is -4.38. The van der Waals surface area contributed by atoms with Crippen molar-refractivity contribution in [2.24, 2.45) is 0 Å². The second-order valence-corrected chi connectivity index (χ2v) is 19.8. The van der Waals surface area contributed by atoms with Gasteiger partial charge >= 0.3 is 110 Å². The number of aliphatic hydroxyl groups excluding tert-OH is 4. The molecule has 0 saturated carbocycles. The van der Waals surface area contributed by atoms with Crippen LogP contribution in [0.1, 0.15) is 0 Å². The number of aliphatic hydroxyl groups is 4. The molecular formula is C11H26AsO6+. The molecule has 1 fully saturated rings. The molecule has 2 radical (unpaired) electrons. The molecule has 5 atom stereocenters. The Morgan fingerprint density at radius 1 is 1.22 bits per heavy atom. The second-order valence-electron chi connectivity index (χ2n) is 6.39. The predicted molar refractivity (Wildman–Crippen MR) is 70.7 cm³/mol. The fraction of sp³-hybridized carbons (Fsp3) is 1.00. The summed E-state index contributed by atoms with van der Waals surface area (Å²) < 4.78 is 10.7. The van der Waals surface area contributed by atoms with Crippen LogP contribution in [0.15, 0.2) is 0 Å². The summed E-state index contributed by atoms with van der Waals surface area (Å²) in [5.41, 5.74) is 6.65. The first-order valence-electron chi connectivity index (χ1n) is 6.45. The Kier molecular flexibility index (Phi) is 6.06. The summed E-state index contributed by atoms with van der Waals surface area (Å²) in [5, 5.41) is 38.3. The minimum atomic E-state index is -2.05. The molecule has 0 aromatic rings. The first-order valence-corrected chi connectivity index (χ1v) is 15.4. The molecule has 1 saturated heterocycles. The minimum absolute atomic E-state index is 0.129. The van der Waals surface area contributed by atoms with Crippen LogP contribution >= 0.6 is 0 Å². The van der Waals surface area contributed by atoms with Crippen LogP contribution < -0.4 is 0 Å². The molecule has 0 spiro atoms. The predicted octanol–water partition coefficient (Wildman–Crippen LogP) is -1.39. The van der Waals surface area contributed by atoms with Crippen molar-refractivity contribution in [3.05, 3.63) is 0 Å². The topological polar surface area (TPSA) is 104 Å². The Hall–Kier alpha value is 0.318. The Morgan fingerprint density at radius 3 is 2.33 bits per heavy atom. The SMILES string of the molecule is C[AsH2-](C)(C)C[C@H]1[O+][C@@H]([O+]CC(O)CO)[C@H](O)[C@@H]1O. The maximum atomic E-state index is 9.88. The van der Waals surface area contributed by atoms with E-state index in [1.165, 1.54) is 0 Å². The van der Waals surface area contributed by atoms with Gasteiger partial charge in [0.05, 0.1) is 0 Å². The molecule has 1 heterocycles. The van der Waals surface area contributed by atoms with Crippen LogP contribution in [-0.4, -0.2) is 77.9 Å². The molecule has 1 aliphatic rings. The van der Waals surface area contributed by atoms with Crippen molar-refractivity contribution >= 4 is 13.6 Å². The molecule has 1 rings (SSSR count). The number of rotatable bonds is 6. The number of hydrogen-bond donors (Lipinski definition) is 4. The standard InChI is InChI=1S/C11H26AsO6/c1-12(2,3)4-8-9(15)10(16)11(18-8)17-6-7(14)5-13/h7-11,13-16H,4-6,12H2,1-3H3/q+1/t7?,8-,9-,10-,11-/m1/s1. The van der Waals surface area contributed by atoms with Gasteiger partial charge in [0, 0.05) is 0 Å². The second kappa shape index (κ2) is 6.66. The first-order chi connectivity index (χ1) is 8.24. The van der Waals surface area contributed by atoms with Gasteiger partial charge in [-0.25, -0.2) is 0 Å². The van der Waals surface area contributed by atoms with Gasteiger partial charge in [-0.05, 0) is 0 Å². The fourth-order valence-corrected chi connectivity index (χ4v) is 5.75. The summed E-state index contributed by atoms with van der Waals surface area (Å²) in [7, 11) is 0. The van der Waals surface area contributed by atoms with E-state index >= 15 is 0 Å². The molecule has 0 aromatic heterocycles. The van der Waals surface area contributed by atoms with Gasteiger partial charge in [0.1, 0.15) is 0 Å². The molecule has 4 N–H and O–H groups in total. The molecule has 1 aliphatic heterocycles. The Balaban J connectivity index is 2.48. The van der Waals surface area contributed by atoms with Gasteiger partial charge in [-0.3, -0.25) is 0 Å². The molecule has 1 unspecified atom stereocenters. The maximum absolute atomic E-state index is 9.88. The molecule has 0 bridgehead atoms. The first kappa shape index (κ1) is 16.4. The number of ether oxygens (including phenoxy) is 2. The van der Waals surface area contributed by atoms with Crippen LogP contribution in [0, 0.1) is 0 Å². The van der Waals surface area contributed by atoms with Crippen molar-refractivity contribution in [3.8, 4) is 0 Å². The summed E-state index contributed by atoms with van der Waals surface area (Å²) in [5.74, 6) is 0. The van der Waals surface area contributed by atoms with Crippen molar-refractivity contribution in [1.82, 2.24) is 0 Å². The van der Waals surface area contributed by atoms with E-state index in [4.69, 9.17) is 19.7 Å². The van der Waals surface area contributed by atoms with Crippen LogP contribution in [0.3, 0.4) is 0 Å². The van der Waals surface area contributed by atoms with Crippen molar-refractivity contribution in [3.63, 3.8) is 0 Å². The van der Waals surface area contributed by atoms with E-state index < -0.39 is 50.9 Å². The van der Waals surface area contributed by atoms with Gasteiger partial charge in [0.15, 0.2) is 0 Å². The third-order valence-corrected chi connectivity index (χ3v) is 6.86. The van der Waals surface area contributed by atoms with E-state index in [0.29, 0.717) is 0 Å². The molecule has 18 heavy (non-hydrogen) atoms.